The van der Waals surface area contributed by atoms with Crippen molar-refractivity contribution in [2.24, 2.45) is 5.92 Å². The number of carboxylic acid groups (broad SMARTS) is 1. The summed E-state index contributed by atoms with van der Waals surface area (Å²) in [7, 11) is 0. The number of likely N-dealkylation sites (tertiary alicyclic amines) is 1. The average Bonchev–Trinajstić information content (AvgIpc) is 3.13. The molecule has 0 aromatic carbocycles. The Labute approximate surface area is 173 Å². The fourth-order valence-corrected chi connectivity index (χ4v) is 3.45. The Morgan fingerprint density at radius 2 is 2.17 bits per heavy atom. The standard InChI is InChI=1S/C17H25FN6O3.CH2O2/c18-12-9-21-17(22-15(12)19)24-8-4-13(25)11(10-24)16(27)20-5-2-7-23-6-1-3-14(23)26;2-1-3/h9,11,13,25H,1-8,10H2,(H,20,27)(H2,19,21,22);1H,(H,2,3)/t11-,13+;/m0./s1. The van der Waals surface area contributed by atoms with Crippen molar-refractivity contribution in [2.75, 3.05) is 43.4 Å². The van der Waals surface area contributed by atoms with Crippen LogP contribution in [0.25, 0.3) is 0 Å². The number of hydrogen-bond acceptors (Lipinski definition) is 8. The van der Waals surface area contributed by atoms with Crippen molar-refractivity contribution < 1.29 is 29.0 Å². The van der Waals surface area contributed by atoms with Crippen molar-refractivity contribution >= 4 is 30.1 Å². The van der Waals surface area contributed by atoms with Crippen LogP contribution in [0.1, 0.15) is 25.7 Å². The Hall–Kier alpha value is -3.02. The number of rotatable bonds is 6. The van der Waals surface area contributed by atoms with Gasteiger partial charge in [0.25, 0.3) is 6.47 Å². The summed E-state index contributed by atoms with van der Waals surface area (Å²) in [5, 5.41) is 19.9. The number of nitrogens with zero attached hydrogens (tertiary/aromatic N) is 4. The van der Waals surface area contributed by atoms with E-state index in [-0.39, 0.29) is 36.6 Å². The Kier molecular flexibility index (Phi) is 8.71. The molecular weight excluding hydrogens is 399 g/mol. The summed E-state index contributed by atoms with van der Waals surface area (Å²) in [6.45, 7) is 2.27. The summed E-state index contributed by atoms with van der Waals surface area (Å²) < 4.78 is 13.2. The number of aliphatic hydroxyl groups excluding tert-OH is 1. The van der Waals surface area contributed by atoms with Crippen molar-refractivity contribution in [3.8, 4) is 0 Å². The van der Waals surface area contributed by atoms with Crippen LogP contribution in [-0.4, -0.2) is 82.2 Å². The second kappa shape index (κ2) is 11.2. The van der Waals surface area contributed by atoms with Gasteiger partial charge in [0.05, 0.1) is 18.2 Å². The van der Waals surface area contributed by atoms with Crippen LogP contribution >= 0.6 is 0 Å². The third-order valence-electron chi connectivity index (χ3n) is 5.03. The van der Waals surface area contributed by atoms with Gasteiger partial charge in [-0.15, -0.1) is 0 Å². The molecule has 2 fully saturated rings. The number of nitrogens with one attached hydrogen (secondary N) is 1. The van der Waals surface area contributed by atoms with E-state index in [1.807, 2.05) is 0 Å². The van der Waals surface area contributed by atoms with E-state index in [0.29, 0.717) is 38.9 Å². The fraction of sp³-hybridized carbons (Fsp3) is 0.611. The van der Waals surface area contributed by atoms with Crippen LogP contribution in [0.15, 0.2) is 6.20 Å². The molecule has 166 valence electrons. The first-order chi connectivity index (χ1) is 14.4. The first-order valence-corrected chi connectivity index (χ1v) is 9.71. The Bertz CT molecular complexity index is 752. The molecule has 30 heavy (non-hydrogen) atoms. The largest absolute Gasteiger partial charge is 0.483 e. The number of carbonyl (C=O) groups excluding carboxylic acids is 2. The van der Waals surface area contributed by atoms with Crippen molar-refractivity contribution in [2.45, 2.75) is 31.8 Å². The number of aliphatic hydroxyl groups is 1. The lowest BCUT2D eigenvalue weighted by Gasteiger charge is -2.35. The minimum atomic E-state index is -0.765. The number of carbonyl (C=O) groups is 3. The molecule has 11 nitrogen and oxygen atoms in total. The molecule has 2 saturated heterocycles. The van der Waals surface area contributed by atoms with Crippen LogP contribution in [0.4, 0.5) is 16.2 Å². The van der Waals surface area contributed by atoms with E-state index in [1.54, 1.807) is 9.80 Å². The summed E-state index contributed by atoms with van der Waals surface area (Å²) in [6.07, 6.45) is 2.77. The van der Waals surface area contributed by atoms with Crippen molar-refractivity contribution in [3.63, 3.8) is 0 Å². The number of piperidine rings is 1. The second-order valence-electron chi connectivity index (χ2n) is 7.05. The molecule has 5 N–H and O–H groups in total. The van der Waals surface area contributed by atoms with Gasteiger partial charge in [0, 0.05) is 39.1 Å². The number of amides is 2. The third kappa shape index (κ3) is 6.24. The third-order valence-corrected chi connectivity index (χ3v) is 5.03. The lowest BCUT2D eigenvalue weighted by molar-refractivity contribution is -0.129. The minimum absolute atomic E-state index is 0.165. The fourth-order valence-electron chi connectivity index (χ4n) is 3.45. The molecule has 0 saturated carbocycles. The first-order valence-electron chi connectivity index (χ1n) is 9.71. The monoisotopic (exact) mass is 426 g/mol. The van der Waals surface area contributed by atoms with Crippen molar-refractivity contribution in [1.82, 2.24) is 20.2 Å². The maximum Gasteiger partial charge on any atom is 0.290 e. The number of halogens is 1. The van der Waals surface area contributed by atoms with Gasteiger partial charge in [0.1, 0.15) is 0 Å². The van der Waals surface area contributed by atoms with Gasteiger partial charge in [-0.25, -0.2) is 9.37 Å². The zero-order chi connectivity index (χ0) is 22.1. The summed E-state index contributed by atoms with van der Waals surface area (Å²) in [6, 6.07) is 0. The van der Waals surface area contributed by atoms with E-state index in [9.17, 15) is 19.1 Å². The molecular formula is C18H27FN6O5. The minimum Gasteiger partial charge on any atom is -0.483 e. The van der Waals surface area contributed by atoms with Gasteiger partial charge >= 0.3 is 0 Å². The number of hydrogen-bond donors (Lipinski definition) is 4. The highest BCUT2D eigenvalue weighted by Crippen LogP contribution is 2.22. The zero-order valence-corrected chi connectivity index (χ0v) is 16.5. The first kappa shape index (κ1) is 23.3. The van der Waals surface area contributed by atoms with Crippen molar-refractivity contribution in [1.29, 1.82) is 0 Å². The van der Waals surface area contributed by atoms with Crippen LogP contribution < -0.4 is 16.0 Å². The molecule has 12 heteroatoms. The van der Waals surface area contributed by atoms with Crippen LogP contribution in [0.5, 0.6) is 0 Å². The van der Waals surface area contributed by atoms with Gasteiger partial charge < -0.3 is 31.1 Å². The van der Waals surface area contributed by atoms with Gasteiger partial charge in [-0.2, -0.15) is 4.98 Å². The van der Waals surface area contributed by atoms with E-state index in [0.717, 1.165) is 19.2 Å². The summed E-state index contributed by atoms with van der Waals surface area (Å²) >= 11 is 0. The lowest BCUT2D eigenvalue weighted by Crippen LogP contribution is -2.50. The molecule has 0 radical (unpaired) electrons. The summed E-state index contributed by atoms with van der Waals surface area (Å²) in [5.41, 5.74) is 5.48. The van der Waals surface area contributed by atoms with E-state index in [4.69, 9.17) is 15.6 Å². The summed E-state index contributed by atoms with van der Waals surface area (Å²) in [4.78, 5) is 43.7. The molecule has 2 amide bonds. The normalized spacial score (nSPS) is 21.1. The molecule has 3 heterocycles. The molecule has 2 aliphatic rings. The highest BCUT2D eigenvalue weighted by molar-refractivity contribution is 5.80. The van der Waals surface area contributed by atoms with Crippen LogP contribution in [0, 0.1) is 11.7 Å². The van der Waals surface area contributed by atoms with Gasteiger partial charge in [-0.3, -0.25) is 14.4 Å². The molecule has 0 bridgehead atoms. The molecule has 1 aromatic rings. The Morgan fingerprint density at radius 1 is 1.43 bits per heavy atom. The van der Waals surface area contributed by atoms with Crippen LogP contribution in [0.3, 0.4) is 0 Å². The SMILES string of the molecule is Nc1nc(N2CC[C@@H](O)[C@@H](C(=O)NCCCN3CCCC3=O)C2)ncc1F.O=CO. The highest BCUT2D eigenvalue weighted by atomic mass is 19.1. The molecule has 3 rings (SSSR count). The zero-order valence-electron chi connectivity index (χ0n) is 16.5. The maximum absolute atomic E-state index is 13.2. The Balaban J connectivity index is 0.00000101. The number of nitrogen functional groups attached to an aromatic ring is 1. The van der Waals surface area contributed by atoms with Gasteiger partial charge in [-0.1, -0.05) is 0 Å². The summed E-state index contributed by atoms with van der Waals surface area (Å²) in [5.74, 6) is -1.42. The van der Waals surface area contributed by atoms with Crippen molar-refractivity contribution in [3.05, 3.63) is 12.0 Å². The molecule has 2 atom stereocenters. The predicted octanol–water partition coefficient (Wildman–Crippen LogP) is -0.785. The number of nitrogens with two attached hydrogens (primary N) is 1. The van der Waals surface area contributed by atoms with E-state index in [1.165, 1.54) is 0 Å². The second-order valence-corrected chi connectivity index (χ2v) is 7.05. The molecule has 0 spiro atoms. The van der Waals surface area contributed by atoms with Gasteiger partial charge in [0.2, 0.25) is 17.8 Å². The van der Waals surface area contributed by atoms with E-state index < -0.39 is 17.8 Å². The number of anilines is 2. The maximum atomic E-state index is 13.2. The average molecular weight is 426 g/mol. The molecule has 2 aliphatic heterocycles. The number of aromatic nitrogens is 2. The molecule has 0 unspecified atom stereocenters. The smallest absolute Gasteiger partial charge is 0.290 e. The molecule has 1 aromatic heterocycles. The van der Waals surface area contributed by atoms with E-state index >= 15 is 0 Å². The van der Waals surface area contributed by atoms with Gasteiger partial charge in [-0.05, 0) is 19.3 Å². The lowest BCUT2D eigenvalue weighted by atomic mass is 9.94. The van der Waals surface area contributed by atoms with Crippen LogP contribution in [0.2, 0.25) is 0 Å². The molecule has 0 aliphatic carbocycles. The van der Waals surface area contributed by atoms with E-state index in [2.05, 4.69) is 15.3 Å². The quantitative estimate of drug-likeness (QED) is 0.337. The highest BCUT2D eigenvalue weighted by Gasteiger charge is 2.34. The predicted molar refractivity (Wildman–Crippen MR) is 105 cm³/mol. The topological polar surface area (TPSA) is 162 Å². The van der Waals surface area contributed by atoms with Crippen LogP contribution in [-0.2, 0) is 14.4 Å². The Morgan fingerprint density at radius 3 is 2.80 bits per heavy atom. The van der Waals surface area contributed by atoms with Gasteiger partial charge in [0.15, 0.2) is 11.6 Å².